The molecule has 0 bridgehead atoms. The van der Waals surface area contributed by atoms with E-state index in [0.29, 0.717) is 13.0 Å². The Bertz CT molecular complexity index is 573. The molecule has 0 spiro atoms. The van der Waals surface area contributed by atoms with E-state index in [1.807, 2.05) is 0 Å². The summed E-state index contributed by atoms with van der Waals surface area (Å²) in [5.74, 6) is -0.592. The molecule has 1 aliphatic rings. The first-order valence-electron chi connectivity index (χ1n) is 5.72. The highest BCUT2D eigenvalue weighted by atomic mass is 79.9. The molecule has 1 aromatic rings. The Kier molecular flexibility index (Phi) is 4.52. The van der Waals surface area contributed by atoms with E-state index in [-0.39, 0.29) is 27.0 Å². The number of sulfonamides is 1. The van der Waals surface area contributed by atoms with Crippen LogP contribution in [-0.2, 0) is 10.0 Å². The predicted molar refractivity (Wildman–Crippen MR) is 75.1 cm³/mol. The van der Waals surface area contributed by atoms with Crippen LogP contribution in [0.4, 0.5) is 4.39 Å². The number of hydrogen-bond donors (Lipinski definition) is 1. The number of hydrogen-bond acceptors (Lipinski definition) is 3. The fraction of sp³-hybridized carbons (Fsp3) is 0.455. The van der Waals surface area contributed by atoms with Crippen molar-refractivity contribution in [2.24, 2.45) is 5.73 Å². The summed E-state index contributed by atoms with van der Waals surface area (Å²) in [4.78, 5) is -0.107. The molecule has 0 radical (unpaired) electrons. The molecule has 106 valence electrons. The van der Waals surface area contributed by atoms with E-state index >= 15 is 0 Å². The number of nitrogens with zero attached hydrogens (tertiary/aromatic N) is 1. The highest BCUT2D eigenvalue weighted by Crippen LogP contribution is 2.33. The standard InChI is InChI=1S/C11H13BrClFN2O2S/c12-9-4-7(14)5-10(13)11(9)19(17,18)16-3-1-2-8(15)6-16/h4-5,8H,1-3,6,15H2. The van der Waals surface area contributed by atoms with E-state index in [4.69, 9.17) is 17.3 Å². The molecule has 0 saturated carbocycles. The lowest BCUT2D eigenvalue weighted by molar-refractivity contribution is 0.316. The molecular formula is C11H13BrClFN2O2S. The number of nitrogens with two attached hydrogens (primary N) is 1. The van der Waals surface area contributed by atoms with Gasteiger partial charge >= 0.3 is 0 Å². The zero-order chi connectivity index (χ0) is 14.2. The second kappa shape index (κ2) is 5.65. The van der Waals surface area contributed by atoms with Gasteiger partial charge in [0.05, 0.1) is 5.02 Å². The number of benzene rings is 1. The minimum atomic E-state index is -3.77. The van der Waals surface area contributed by atoms with Crippen molar-refractivity contribution in [3.63, 3.8) is 0 Å². The Morgan fingerprint density at radius 1 is 1.47 bits per heavy atom. The highest BCUT2D eigenvalue weighted by molar-refractivity contribution is 9.10. The molecule has 0 aromatic heterocycles. The lowest BCUT2D eigenvalue weighted by Crippen LogP contribution is -2.45. The van der Waals surface area contributed by atoms with Crippen LogP contribution in [0.15, 0.2) is 21.5 Å². The molecular weight excluding hydrogens is 359 g/mol. The summed E-state index contributed by atoms with van der Waals surface area (Å²) >= 11 is 8.92. The fourth-order valence-corrected chi connectivity index (χ4v) is 5.38. The monoisotopic (exact) mass is 370 g/mol. The summed E-state index contributed by atoms with van der Waals surface area (Å²) in [7, 11) is -3.77. The summed E-state index contributed by atoms with van der Waals surface area (Å²) < 4.78 is 39.6. The number of halogens is 3. The second-order valence-corrected chi connectivity index (χ2v) is 7.60. The summed E-state index contributed by atoms with van der Waals surface area (Å²) in [5.41, 5.74) is 5.79. The quantitative estimate of drug-likeness (QED) is 0.868. The zero-order valence-corrected chi connectivity index (χ0v) is 13.1. The van der Waals surface area contributed by atoms with Gasteiger partial charge in [-0.2, -0.15) is 4.31 Å². The van der Waals surface area contributed by atoms with E-state index in [0.717, 1.165) is 18.6 Å². The van der Waals surface area contributed by atoms with Crippen molar-refractivity contribution in [3.05, 3.63) is 27.4 Å². The van der Waals surface area contributed by atoms with Crippen LogP contribution >= 0.6 is 27.5 Å². The van der Waals surface area contributed by atoms with Crippen molar-refractivity contribution in [1.29, 1.82) is 0 Å². The van der Waals surface area contributed by atoms with Crippen molar-refractivity contribution in [1.82, 2.24) is 4.31 Å². The van der Waals surface area contributed by atoms with Crippen LogP contribution in [0.2, 0.25) is 5.02 Å². The molecule has 0 aliphatic carbocycles. The minimum Gasteiger partial charge on any atom is -0.327 e. The second-order valence-electron chi connectivity index (χ2n) is 4.46. The molecule has 2 rings (SSSR count). The molecule has 1 atom stereocenters. The summed E-state index contributed by atoms with van der Waals surface area (Å²) in [5, 5.41) is -0.133. The SMILES string of the molecule is NC1CCCN(S(=O)(=O)c2c(Cl)cc(F)cc2Br)C1. The molecule has 4 nitrogen and oxygen atoms in total. The van der Waals surface area contributed by atoms with Crippen LogP contribution in [0.25, 0.3) is 0 Å². The summed E-state index contributed by atoms with van der Waals surface area (Å²) in [6.07, 6.45) is 1.50. The van der Waals surface area contributed by atoms with Crippen LogP contribution in [0.1, 0.15) is 12.8 Å². The predicted octanol–water partition coefficient (Wildman–Crippen LogP) is 2.35. The first-order valence-corrected chi connectivity index (χ1v) is 8.33. The topological polar surface area (TPSA) is 63.4 Å². The Balaban J connectivity index is 2.45. The van der Waals surface area contributed by atoms with Gasteiger partial charge in [-0.3, -0.25) is 0 Å². The maximum absolute atomic E-state index is 13.2. The molecule has 1 fully saturated rings. The van der Waals surface area contributed by atoms with Crippen LogP contribution in [0, 0.1) is 5.82 Å². The van der Waals surface area contributed by atoms with Gasteiger partial charge in [-0.1, -0.05) is 11.6 Å². The lowest BCUT2D eigenvalue weighted by atomic mass is 10.1. The molecule has 0 amide bonds. The summed E-state index contributed by atoms with van der Waals surface area (Å²) in [6.45, 7) is 0.651. The van der Waals surface area contributed by atoms with Crippen molar-refractivity contribution in [3.8, 4) is 0 Å². The van der Waals surface area contributed by atoms with Gasteiger partial charge < -0.3 is 5.73 Å². The number of rotatable bonds is 2. The molecule has 2 N–H and O–H groups in total. The Morgan fingerprint density at radius 2 is 2.16 bits per heavy atom. The van der Waals surface area contributed by atoms with Gasteiger partial charge in [-0.05, 0) is 40.9 Å². The molecule has 1 aliphatic heterocycles. The van der Waals surface area contributed by atoms with E-state index in [1.165, 1.54) is 4.31 Å². The first-order chi connectivity index (χ1) is 8.82. The number of piperidine rings is 1. The van der Waals surface area contributed by atoms with Crippen LogP contribution < -0.4 is 5.73 Å². The first kappa shape index (κ1) is 15.2. The van der Waals surface area contributed by atoms with Crippen LogP contribution in [0.3, 0.4) is 0 Å². The van der Waals surface area contributed by atoms with Gasteiger partial charge in [0.15, 0.2) is 0 Å². The van der Waals surface area contributed by atoms with Crippen molar-refractivity contribution < 1.29 is 12.8 Å². The minimum absolute atomic E-state index is 0.107. The molecule has 1 unspecified atom stereocenters. The Morgan fingerprint density at radius 3 is 2.74 bits per heavy atom. The molecule has 1 heterocycles. The Hall–Kier alpha value is -0.210. The van der Waals surface area contributed by atoms with Gasteiger partial charge in [0.2, 0.25) is 10.0 Å². The summed E-state index contributed by atoms with van der Waals surface area (Å²) in [6, 6.07) is 1.90. The third-order valence-corrected chi connectivity index (χ3v) is 6.25. The van der Waals surface area contributed by atoms with Crippen molar-refractivity contribution in [2.45, 2.75) is 23.8 Å². The van der Waals surface area contributed by atoms with Gasteiger partial charge in [0.25, 0.3) is 0 Å². The van der Waals surface area contributed by atoms with Gasteiger partial charge in [-0.25, -0.2) is 12.8 Å². The van der Waals surface area contributed by atoms with Crippen LogP contribution in [-0.4, -0.2) is 31.9 Å². The van der Waals surface area contributed by atoms with E-state index in [9.17, 15) is 12.8 Å². The van der Waals surface area contributed by atoms with E-state index < -0.39 is 15.8 Å². The van der Waals surface area contributed by atoms with E-state index in [1.54, 1.807) is 0 Å². The molecule has 8 heteroatoms. The van der Waals surface area contributed by atoms with Crippen LogP contribution in [0.5, 0.6) is 0 Å². The third kappa shape index (κ3) is 3.11. The van der Waals surface area contributed by atoms with Crippen molar-refractivity contribution in [2.75, 3.05) is 13.1 Å². The third-order valence-electron chi connectivity index (χ3n) is 2.98. The highest BCUT2D eigenvalue weighted by Gasteiger charge is 2.32. The van der Waals surface area contributed by atoms with E-state index in [2.05, 4.69) is 15.9 Å². The van der Waals surface area contributed by atoms with Crippen molar-refractivity contribution >= 4 is 37.6 Å². The largest absolute Gasteiger partial charge is 0.327 e. The molecule has 1 aromatic carbocycles. The average molecular weight is 372 g/mol. The maximum atomic E-state index is 13.2. The lowest BCUT2D eigenvalue weighted by Gasteiger charge is -2.30. The Labute approximate surface area is 124 Å². The average Bonchev–Trinajstić information content (AvgIpc) is 2.26. The molecule has 19 heavy (non-hydrogen) atoms. The smallest absolute Gasteiger partial charge is 0.245 e. The normalized spacial score (nSPS) is 21.6. The van der Waals surface area contributed by atoms with Gasteiger partial charge in [0.1, 0.15) is 10.7 Å². The van der Waals surface area contributed by atoms with Gasteiger partial charge in [0, 0.05) is 23.6 Å². The maximum Gasteiger partial charge on any atom is 0.245 e. The van der Waals surface area contributed by atoms with Gasteiger partial charge in [-0.15, -0.1) is 0 Å². The fourth-order valence-electron chi connectivity index (χ4n) is 2.10. The zero-order valence-electron chi connectivity index (χ0n) is 9.94. The molecule has 1 saturated heterocycles.